The zero-order valence-electron chi connectivity index (χ0n) is 12.4. The Bertz CT molecular complexity index is 595. The Kier molecular flexibility index (Phi) is 4.71. The zero-order valence-corrected chi connectivity index (χ0v) is 12.4. The minimum absolute atomic E-state index is 0.0720. The SMILES string of the molecule is O=C(NN(Cc1ccccc1)c1ccccc1)[C@@H]1CCCO1. The number of anilines is 1. The van der Waals surface area contributed by atoms with Crippen LogP contribution in [0.1, 0.15) is 18.4 Å². The average Bonchev–Trinajstić information content (AvgIpc) is 3.11. The van der Waals surface area contributed by atoms with Gasteiger partial charge in [0.1, 0.15) is 6.10 Å². The van der Waals surface area contributed by atoms with E-state index in [9.17, 15) is 4.79 Å². The van der Waals surface area contributed by atoms with E-state index in [4.69, 9.17) is 4.74 Å². The molecule has 0 aliphatic carbocycles. The van der Waals surface area contributed by atoms with Crippen LogP contribution in [-0.2, 0) is 16.1 Å². The molecule has 1 fully saturated rings. The Labute approximate surface area is 130 Å². The van der Waals surface area contributed by atoms with Crippen molar-refractivity contribution in [1.82, 2.24) is 5.43 Å². The third kappa shape index (κ3) is 3.65. The number of hydrogen-bond donors (Lipinski definition) is 1. The number of amides is 1. The second kappa shape index (κ2) is 7.09. The van der Waals surface area contributed by atoms with E-state index in [1.54, 1.807) is 0 Å². The molecule has 0 unspecified atom stereocenters. The smallest absolute Gasteiger partial charge is 0.267 e. The minimum atomic E-state index is -0.331. The molecule has 1 aliphatic heterocycles. The molecule has 4 nitrogen and oxygen atoms in total. The maximum absolute atomic E-state index is 12.3. The third-order valence-electron chi connectivity index (χ3n) is 3.72. The number of nitrogens with one attached hydrogen (secondary N) is 1. The highest BCUT2D eigenvalue weighted by molar-refractivity contribution is 5.82. The number of hydrazine groups is 1. The standard InChI is InChI=1S/C18H20N2O2/c21-18(17-12-7-13-22-17)19-20(16-10-5-2-6-11-16)14-15-8-3-1-4-9-15/h1-6,8-11,17H,7,12-14H2,(H,19,21)/t17-/m0/s1. The van der Waals surface area contributed by atoms with Gasteiger partial charge < -0.3 is 4.74 Å². The van der Waals surface area contributed by atoms with Gasteiger partial charge in [-0.3, -0.25) is 15.2 Å². The highest BCUT2D eigenvalue weighted by Crippen LogP contribution is 2.17. The Morgan fingerprint density at radius 2 is 1.77 bits per heavy atom. The molecule has 0 radical (unpaired) electrons. The molecule has 1 amide bonds. The lowest BCUT2D eigenvalue weighted by Gasteiger charge is -2.26. The maximum Gasteiger partial charge on any atom is 0.267 e. The summed E-state index contributed by atoms with van der Waals surface area (Å²) < 4.78 is 5.46. The second-order valence-corrected chi connectivity index (χ2v) is 5.39. The van der Waals surface area contributed by atoms with Crippen molar-refractivity contribution in [2.75, 3.05) is 11.6 Å². The lowest BCUT2D eigenvalue weighted by molar-refractivity contribution is -0.130. The van der Waals surface area contributed by atoms with Crippen LogP contribution in [0.4, 0.5) is 5.69 Å². The summed E-state index contributed by atoms with van der Waals surface area (Å²) in [7, 11) is 0. The van der Waals surface area contributed by atoms with Crippen LogP contribution in [0.25, 0.3) is 0 Å². The quantitative estimate of drug-likeness (QED) is 0.863. The van der Waals surface area contributed by atoms with Gasteiger partial charge in [-0.2, -0.15) is 0 Å². The van der Waals surface area contributed by atoms with E-state index in [2.05, 4.69) is 5.43 Å². The summed E-state index contributed by atoms with van der Waals surface area (Å²) in [6.45, 7) is 1.28. The molecule has 1 saturated heterocycles. The molecule has 0 bridgehead atoms. The molecule has 1 N–H and O–H groups in total. The monoisotopic (exact) mass is 296 g/mol. The molecular formula is C18H20N2O2. The van der Waals surface area contributed by atoms with Gasteiger partial charge >= 0.3 is 0 Å². The Balaban J connectivity index is 1.75. The molecule has 2 aromatic rings. The van der Waals surface area contributed by atoms with Gasteiger partial charge in [-0.25, -0.2) is 0 Å². The fraction of sp³-hybridized carbons (Fsp3) is 0.278. The molecule has 114 valence electrons. The van der Waals surface area contributed by atoms with Crippen molar-refractivity contribution in [3.05, 3.63) is 66.2 Å². The summed E-state index contributed by atoms with van der Waals surface area (Å²) >= 11 is 0. The van der Waals surface area contributed by atoms with Crippen molar-refractivity contribution in [3.63, 3.8) is 0 Å². The molecule has 22 heavy (non-hydrogen) atoms. The highest BCUT2D eigenvalue weighted by Gasteiger charge is 2.25. The van der Waals surface area contributed by atoms with E-state index < -0.39 is 0 Å². The van der Waals surface area contributed by atoms with Gasteiger partial charge in [-0.1, -0.05) is 48.5 Å². The number of carbonyl (C=O) groups excluding carboxylic acids is 1. The summed E-state index contributed by atoms with van der Waals surface area (Å²) in [6, 6.07) is 19.9. The fourth-order valence-corrected chi connectivity index (χ4v) is 2.56. The van der Waals surface area contributed by atoms with Crippen molar-refractivity contribution >= 4 is 11.6 Å². The van der Waals surface area contributed by atoms with Crippen molar-refractivity contribution in [2.24, 2.45) is 0 Å². The summed E-state index contributed by atoms with van der Waals surface area (Å²) in [5.41, 5.74) is 5.09. The summed E-state index contributed by atoms with van der Waals surface area (Å²) in [6.07, 6.45) is 1.41. The number of rotatable bonds is 5. The van der Waals surface area contributed by atoms with Gasteiger partial charge in [0, 0.05) is 6.61 Å². The van der Waals surface area contributed by atoms with Crippen molar-refractivity contribution in [3.8, 4) is 0 Å². The van der Waals surface area contributed by atoms with Crippen molar-refractivity contribution < 1.29 is 9.53 Å². The van der Waals surface area contributed by atoms with Crippen LogP contribution >= 0.6 is 0 Å². The maximum atomic E-state index is 12.3. The fourth-order valence-electron chi connectivity index (χ4n) is 2.56. The Morgan fingerprint density at radius 1 is 1.09 bits per heavy atom. The first-order chi connectivity index (χ1) is 10.8. The van der Waals surface area contributed by atoms with E-state index in [0.29, 0.717) is 13.2 Å². The zero-order chi connectivity index (χ0) is 15.2. The van der Waals surface area contributed by atoms with E-state index in [1.807, 2.05) is 65.7 Å². The van der Waals surface area contributed by atoms with Gasteiger partial charge in [0.25, 0.3) is 5.91 Å². The lowest BCUT2D eigenvalue weighted by Crippen LogP contribution is -2.46. The Hall–Kier alpha value is -2.33. The predicted molar refractivity (Wildman–Crippen MR) is 86.2 cm³/mol. The molecule has 0 spiro atoms. The molecule has 2 aromatic carbocycles. The van der Waals surface area contributed by atoms with E-state index >= 15 is 0 Å². The van der Waals surface area contributed by atoms with E-state index in [1.165, 1.54) is 0 Å². The molecule has 1 heterocycles. The molecular weight excluding hydrogens is 276 g/mol. The largest absolute Gasteiger partial charge is 0.368 e. The lowest BCUT2D eigenvalue weighted by atomic mass is 10.2. The number of benzene rings is 2. The van der Waals surface area contributed by atoms with Crippen LogP contribution in [0.15, 0.2) is 60.7 Å². The molecule has 0 aromatic heterocycles. The van der Waals surface area contributed by atoms with Crippen LogP contribution in [0.2, 0.25) is 0 Å². The second-order valence-electron chi connectivity index (χ2n) is 5.39. The topological polar surface area (TPSA) is 41.6 Å². The number of nitrogens with zero attached hydrogens (tertiary/aromatic N) is 1. The predicted octanol–water partition coefficient (Wildman–Crippen LogP) is 2.90. The van der Waals surface area contributed by atoms with Gasteiger partial charge in [-0.05, 0) is 30.5 Å². The van der Waals surface area contributed by atoms with E-state index in [0.717, 1.165) is 24.1 Å². The Morgan fingerprint density at radius 3 is 2.41 bits per heavy atom. The summed E-state index contributed by atoms with van der Waals surface area (Å²) in [4.78, 5) is 12.3. The molecule has 4 heteroatoms. The van der Waals surface area contributed by atoms with Gasteiger partial charge in [0.2, 0.25) is 0 Å². The molecule has 1 aliphatic rings. The third-order valence-corrected chi connectivity index (χ3v) is 3.72. The number of hydrogen-bond acceptors (Lipinski definition) is 3. The summed E-state index contributed by atoms with van der Waals surface area (Å²) in [5.74, 6) is -0.0720. The van der Waals surface area contributed by atoms with E-state index in [-0.39, 0.29) is 12.0 Å². The minimum Gasteiger partial charge on any atom is -0.368 e. The van der Waals surface area contributed by atoms with Crippen LogP contribution < -0.4 is 10.4 Å². The molecule has 3 rings (SSSR count). The molecule has 0 saturated carbocycles. The van der Waals surface area contributed by atoms with Crippen LogP contribution in [-0.4, -0.2) is 18.6 Å². The first-order valence-corrected chi connectivity index (χ1v) is 7.61. The van der Waals surface area contributed by atoms with Crippen LogP contribution in [0.5, 0.6) is 0 Å². The average molecular weight is 296 g/mol. The van der Waals surface area contributed by atoms with Crippen LogP contribution in [0.3, 0.4) is 0 Å². The number of para-hydroxylation sites is 1. The van der Waals surface area contributed by atoms with Gasteiger partial charge in [0.15, 0.2) is 0 Å². The normalized spacial score (nSPS) is 17.2. The van der Waals surface area contributed by atoms with Crippen molar-refractivity contribution in [2.45, 2.75) is 25.5 Å². The summed E-state index contributed by atoms with van der Waals surface area (Å²) in [5, 5.41) is 1.87. The van der Waals surface area contributed by atoms with Crippen molar-refractivity contribution in [1.29, 1.82) is 0 Å². The first-order valence-electron chi connectivity index (χ1n) is 7.61. The highest BCUT2D eigenvalue weighted by atomic mass is 16.5. The van der Waals surface area contributed by atoms with Crippen LogP contribution in [0, 0.1) is 0 Å². The van der Waals surface area contributed by atoms with Gasteiger partial charge in [-0.15, -0.1) is 0 Å². The molecule has 1 atom stereocenters. The number of carbonyl (C=O) groups is 1. The first kappa shape index (κ1) is 14.6. The van der Waals surface area contributed by atoms with Gasteiger partial charge in [0.05, 0.1) is 12.2 Å². The number of ether oxygens (including phenoxy) is 1.